The van der Waals surface area contributed by atoms with E-state index < -0.39 is 0 Å². The largest absolute Gasteiger partial charge is 0.369 e. The van der Waals surface area contributed by atoms with Gasteiger partial charge in [-0.15, -0.1) is 0 Å². The van der Waals surface area contributed by atoms with Gasteiger partial charge >= 0.3 is 0 Å². The molecule has 0 bridgehead atoms. The summed E-state index contributed by atoms with van der Waals surface area (Å²) in [5.74, 6) is 0. The molecule has 2 aromatic rings. The molecule has 0 radical (unpaired) electrons. The van der Waals surface area contributed by atoms with Gasteiger partial charge in [-0.05, 0) is 25.1 Å². The number of hydrogen-bond acceptors (Lipinski definition) is 5. The van der Waals surface area contributed by atoms with Gasteiger partial charge in [0.25, 0.3) is 0 Å². The zero-order valence-corrected chi connectivity index (χ0v) is 10.00. The number of hydrogen-bond donors (Lipinski definition) is 1. The quantitative estimate of drug-likeness (QED) is 0.811. The first-order valence-electron chi connectivity index (χ1n) is 5.53. The van der Waals surface area contributed by atoms with Crippen LogP contribution in [0.4, 0.5) is 5.69 Å². The molecule has 2 heterocycles. The fourth-order valence-electron chi connectivity index (χ4n) is 2.13. The highest BCUT2D eigenvalue weighted by molar-refractivity contribution is 7.00. The van der Waals surface area contributed by atoms with E-state index in [1.807, 2.05) is 0 Å². The topological polar surface area (TPSA) is 41.1 Å². The number of fused-ring (bicyclic) bond motifs is 1. The van der Waals surface area contributed by atoms with Crippen LogP contribution >= 0.6 is 11.7 Å². The van der Waals surface area contributed by atoms with Crippen LogP contribution in [0.15, 0.2) is 18.2 Å². The van der Waals surface area contributed by atoms with Crippen LogP contribution in [-0.2, 0) is 0 Å². The van der Waals surface area contributed by atoms with Crippen molar-refractivity contribution in [1.82, 2.24) is 14.1 Å². The normalized spacial score (nSPS) is 21.6. The Hall–Kier alpha value is -1.20. The lowest BCUT2D eigenvalue weighted by molar-refractivity contribution is 0.485. The van der Waals surface area contributed by atoms with E-state index in [0.29, 0.717) is 6.04 Å². The Kier molecular flexibility index (Phi) is 2.49. The molecule has 1 atom stereocenters. The van der Waals surface area contributed by atoms with Crippen molar-refractivity contribution in [3.8, 4) is 0 Å². The van der Waals surface area contributed by atoms with Crippen molar-refractivity contribution in [2.75, 3.05) is 24.5 Å². The monoisotopic (exact) mass is 234 g/mol. The molecule has 0 aliphatic carbocycles. The summed E-state index contributed by atoms with van der Waals surface area (Å²) >= 11 is 1.28. The highest BCUT2D eigenvalue weighted by Crippen LogP contribution is 2.21. The number of benzene rings is 1. The molecule has 0 saturated carbocycles. The number of nitrogens with one attached hydrogen (secondary N) is 1. The minimum Gasteiger partial charge on any atom is -0.369 e. The standard InChI is InChI=1S/C11H14N4S/c1-8-7-15(5-4-12-8)9-2-3-10-11(6-9)14-16-13-10/h2-3,6,8,12H,4-5,7H2,1H3. The zero-order valence-electron chi connectivity index (χ0n) is 9.18. The van der Waals surface area contributed by atoms with Crippen molar-refractivity contribution < 1.29 is 0 Å². The average Bonchev–Trinajstić information content (AvgIpc) is 2.75. The van der Waals surface area contributed by atoms with Gasteiger partial charge in [0.05, 0.1) is 11.7 Å². The minimum absolute atomic E-state index is 0.554. The summed E-state index contributed by atoms with van der Waals surface area (Å²) in [5, 5.41) is 3.45. The number of aromatic nitrogens is 2. The van der Waals surface area contributed by atoms with E-state index in [1.54, 1.807) is 0 Å². The van der Waals surface area contributed by atoms with Gasteiger partial charge in [-0.3, -0.25) is 0 Å². The maximum atomic E-state index is 4.28. The molecule has 0 spiro atoms. The molecule has 3 rings (SSSR count). The van der Waals surface area contributed by atoms with Gasteiger partial charge in [-0.1, -0.05) is 0 Å². The Morgan fingerprint density at radius 3 is 3.12 bits per heavy atom. The molecule has 0 amide bonds. The van der Waals surface area contributed by atoms with Crippen molar-refractivity contribution in [1.29, 1.82) is 0 Å². The number of anilines is 1. The van der Waals surface area contributed by atoms with E-state index in [9.17, 15) is 0 Å². The molecule has 84 valence electrons. The Bertz CT molecular complexity index is 495. The molecule has 5 heteroatoms. The van der Waals surface area contributed by atoms with Gasteiger partial charge in [-0.25, -0.2) is 0 Å². The third-order valence-corrected chi connectivity index (χ3v) is 3.53. The van der Waals surface area contributed by atoms with Crippen LogP contribution in [0.5, 0.6) is 0 Å². The van der Waals surface area contributed by atoms with Crippen LogP contribution in [-0.4, -0.2) is 34.4 Å². The fourth-order valence-corrected chi connectivity index (χ4v) is 2.65. The molecule has 1 aromatic heterocycles. The lowest BCUT2D eigenvalue weighted by Crippen LogP contribution is -2.49. The summed E-state index contributed by atoms with van der Waals surface area (Å²) in [4.78, 5) is 2.40. The van der Waals surface area contributed by atoms with Crippen molar-refractivity contribution in [3.63, 3.8) is 0 Å². The maximum Gasteiger partial charge on any atom is 0.106 e. The van der Waals surface area contributed by atoms with Crippen LogP contribution in [0.25, 0.3) is 11.0 Å². The Morgan fingerprint density at radius 2 is 2.25 bits per heavy atom. The third-order valence-electron chi connectivity index (χ3n) is 2.97. The van der Waals surface area contributed by atoms with Crippen LogP contribution < -0.4 is 10.2 Å². The van der Waals surface area contributed by atoms with Crippen LogP contribution in [0.3, 0.4) is 0 Å². The fraction of sp³-hybridized carbons (Fsp3) is 0.455. The SMILES string of the molecule is CC1CN(c2ccc3nsnc3c2)CCN1. The van der Waals surface area contributed by atoms with E-state index in [4.69, 9.17) is 0 Å². The second kappa shape index (κ2) is 3.99. The first-order chi connectivity index (χ1) is 7.83. The van der Waals surface area contributed by atoms with Crippen molar-refractivity contribution >= 4 is 28.4 Å². The first-order valence-corrected chi connectivity index (χ1v) is 6.26. The van der Waals surface area contributed by atoms with Gasteiger partial charge in [-0.2, -0.15) is 8.75 Å². The highest BCUT2D eigenvalue weighted by atomic mass is 32.1. The van der Waals surface area contributed by atoms with Crippen LogP contribution in [0.1, 0.15) is 6.92 Å². The van der Waals surface area contributed by atoms with Crippen molar-refractivity contribution in [3.05, 3.63) is 18.2 Å². The van der Waals surface area contributed by atoms with Crippen LogP contribution in [0, 0.1) is 0 Å². The van der Waals surface area contributed by atoms with E-state index >= 15 is 0 Å². The smallest absolute Gasteiger partial charge is 0.106 e. The molecule has 1 saturated heterocycles. The molecule has 1 aromatic carbocycles. The lowest BCUT2D eigenvalue weighted by Gasteiger charge is -2.33. The molecular weight excluding hydrogens is 220 g/mol. The van der Waals surface area contributed by atoms with Gasteiger partial charge in [0.2, 0.25) is 0 Å². The van der Waals surface area contributed by atoms with E-state index in [2.05, 4.69) is 44.1 Å². The van der Waals surface area contributed by atoms with Crippen molar-refractivity contribution in [2.24, 2.45) is 0 Å². The van der Waals surface area contributed by atoms with Crippen molar-refractivity contribution in [2.45, 2.75) is 13.0 Å². The zero-order chi connectivity index (χ0) is 11.0. The Balaban J connectivity index is 1.92. The summed E-state index contributed by atoms with van der Waals surface area (Å²) < 4.78 is 8.50. The average molecular weight is 234 g/mol. The summed E-state index contributed by atoms with van der Waals surface area (Å²) in [5.41, 5.74) is 3.26. The van der Waals surface area contributed by atoms with Gasteiger partial charge < -0.3 is 10.2 Å². The summed E-state index contributed by atoms with van der Waals surface area (Å²) in [6, 6.07) is 6.89. The molecule has 1 N–H and O–H groups in total. The van der Waals surface area contributed by atoms with E-state index in [1.165, 1.54) is 17.4 Å². The summed E-state index contributed by atoms with van der Waals surface area (Å²) in [6.45, 7) is 5.39. The number of nitrogens with zero attached hydrogens (tertiary/aromatic N) is 3. The van der Waals surface area contributed by atoms with Crippen LogP contribution in [0.2, 0.25) is 0 Å². The lowest BCUT2D eigenvalue weighted by atomic mass is 10.2. The van der Waals surface area contributed by atoms with Gasteiger partial charge in [0.1, 0.15) is 11.0 Å². The predicted molar refractivity (Wildman–Crippen MR) is 67.1 cm³/mol. The number of rotatable bonds is 1. The molecule has 1 fully saturated rings. The van der Waals surface area contributed by atoms with Gasteiger partial charge in [0, 0.05) is 31.4 Å². The third kappa shape index (κ3) is 1.76. The first kappa shape index (κ1) is 9.99. The second-order valence-corrected chi connectivity index (χ2v) is 4.77. The number of piperazine rings is 1. The molecule has 1 aliphatic rings. The Labute approximate surface area is 98.6 Å². The minimum atomic E-state index is 0.554. The predicted octanol–water partition coefficient (Wildman–Crippen LogP) is 1.49. The summed E-state index contributed by atoms with van der Waals surface area (Å²) in [6.07, 6.45) is 0. The van der Waals surface area contributed by atoms with Gasteiger partial charge in [0.15, 0.2) is 0 Å². The van der Waals surface area contributed by atoms with E-state index in [-0.39, 0.29) is 0 Å². The highest BCUT2D eigenvalue weighted by Gasteiger charge is 2.16. The molecule has 1 unspecified atom stereocenters. The molecule has 1 aliphatic heterocycles. The maximum absolute atomic E-state index is 4.28. The summed E-state index contributed by atoms with van der Waals surface area (Å²) in [7, 11) is 0. The second-order valence-electron chi connectivity index (χ2n) is 4.24. The molecular formula is C11H14N4S. The molecule has 16 heavy (non-hydrogen) atoms. The molecule has 4 nitrogen and oxygen atoms in total. The Morgan fingerprint density at radius 1 is 1.38 bits per heavy atom. The van der Waals surface area contributed by atoms with E-state index in [0.717, 1.165) is 30.7 Å².